The molecule has 1 aromatic carbocycles. The van der Waals surface area contributed by atoms with Crippen LogP contribution in [-0.4, -0.2) is 23.5 Å². The van der Waals surface area contributed by atoms with E-state index in [4.69, 9.17) is 10.8 Å². The van der Waals surface area contributed by atoms with E-state index in [0.717, 1.165) is 6.42 Å². The van der Waals surface area contributed by atoms with Gasteiger partial charge in [-0.05, 0) is 24.5 Å². The number of carbonyl (C=O) groups is 2. The lowest BCUT2D eigenvalue weighted by Gasteiger charge is -2.23. The average molecular weight is 290 g/mol. The van der Waals surface area contributed by atoms with Crippen molar-refractivity contribution in [1.82, 2.24) is 0 Å². The summed E-state index contributed by atoms with van der Waals surface area (Å²) in [6.07, 6.45) is 6.06. The summed E-state index contributed by atoms with van der Waals surface area (Å²) in [5.41, 5.74) is 6.77. The molecule has 1 fully saturated rings. The van der Waals surface area contributed by atoms with Crippen LogP contribution in [0.5, 0.6) is 0 Å². The lowest BCUT2D eigenvalue weighted by Crippen LogP contribution is -2.36. The van der Waals surface area contributed by atoms with Crippen molar-refractivity contribution in [3.63, 3.8) is 0 Å². The number of amides is 1. The second-order valence-electron chi connectivity index (χ2n) is 5.62. The number of nitrogens with two attached hydrogens (primary N) is 1. The number of nitrogens with zero attached hydrogens (tertiary/aromatic N) is 1. The summed E-state index contributed by atoms with van der Waals surface area (Å²) in [7, 11) is 0. The zero-order valence-electron chi connectivity index (χ0n) is 12.1. The van der Waals surface area contributed by atoms with E-state index in [2.05, 4.69) is 0 Å². The Labute approximate surface area is 124 Å². The first-order chi connectivity index (χ1) is 10.1. The Bertz CT molecular complexity index is 510. The van der Waals surface area contributed by atoms with E-state index in [1.54, 1.807) is 24.3 Å². The lowest BCUT2D eigenvalue weighted by molar-refractivity contribution is -0.136. The molecule has 0 spiro atoms. The first-order valence-electron chi connectivity index (χ1n) is 7.44. The summed E-state index contributed by atoms with van der Waals surface area (Å²) in [5, 5.41) is 9.03. The van der Waals surface area contributed by atoms with Crippen LogP contribution >= 0.6 is 0 Å². The highest BCUT2D eigenvalue weighted by Gasteiger charge is 2.22. The molecule has 0 bridgehead atoms. The molecule has 0 atom stereocenters. The fourth-order valence-electron chi connectivity index (χ4n) is 2.94. The molecule has 1 aliphatic rings. The van der Waals surface area contributed by atoms with Crippen LogP contribution in [-0.2, 0) is 9.59 Å². The molecule has 0 unspecified atom stereocenters. The first kappa shape index (κ1) is 15.4. The fourth-order valence-corrected chi connectivity index (χ4v) is 2.94. The van der Waals surface area contributed by atoms with E-state index in [1.807, 2.05) is 0 Å². The molecule has 1 aliphatic carbocycles. The van der Waals surface area contributed by atoms with Gasteiger partial charge in [0.25, 0.3) is 0 Å². The highest BCUT2D eigenvalue weighted by molar-refractivity contribution is 5.99. The Balaban J connectivity index is 2.06. The van der Waals surface area contributed by atoms with E-state index < -0.39 is 5.97 Å². The number of aliphatic carboxylic acids is 1. The van der Waals surface area contributed by atoms with Gasteiger partial charge in [-0.2, -0.15) is 0 Å². The van der Waals surface area contributed by atoms with Crippen molar-refractivity contribution >= 4 is 23.3 Å². The van der Waals surface area contributed by atoms with Crippen molar-refractivity contribution in [3.8, 4) is 0 Å². The minimum Gasteiger partial charge on any atom is -0.480 e. The van der Waals surface area contributed by atoms with Gasteiger partial charge in [0.2, 0.25) is 5.91 Å². The Morgan fingerprint density at radius 2 is 1.90 bits per heavy atom. The average Bonchev–Trinajstić information content (AvgIpc) is 2.96. The van der Waals surface area contributed by atoms with Gasteiger partial charge in [0, 0.05) is 6.42 Å². The number of hydrogen-bond acceptors (Lipinski definition) is 3. The van der Waals surface area contributed by atoms with Gasteiger partial charge in [0.05, 0.1) is 11.4 Å². The molecule has 1 aromatic rings. The minimum absolute atomic E-state index is 0.165. The fraction of sp³-hybridized carbons (Fsp3) is 0.500. The van der Waals surface area contributed by atoms with Gasteiger partial charge in [0.1, 0.15) is 6.54 Å². The van der Waals surface area contributed by atoms with Crippen LogP contribution in [0.4, 0.5) is 11.4 Å². The summed E-state index contributed by atoms with van der Waals surface area (Å²) in [4.78, 5) is 24.7. The summed E-state index contributed by atoms with van der Waals surface area (Å²) in [5.74, 6) is -0.594. The number of carboxylic acid groups (broad SMARTS) is 1. The maximum atomic E-state index is 12.4. The molecule has 0 aliphatic heterocycles. The van der Waals surface area contributed by atoms with Crippen LogP contribution in [0.1, 0.15) is 38.5 Å². The molecule has 5 nitrogen and oxygen atoms in total. The monoisotopic (exact) mass is 290 g/mol. The van der Waals surface area contributed by atoms with Gasteiger partial charge in [-0.1, -0.05) is 37.8 Å². The third-order valence-corrected chi connectivity index (χ3v) is 4.06. The smallest absolute Gasteiger partial charge is 0.323 e. The molecule has 0 aromatic heterocycles. The van der Waals surface area contributed by atoms with E-state index in [9.17, 15) is 9.59 Å². The number of carbonyl (C=O) groups excluding carboxylic acids is 1. The highest BCUT2D eigenvalue weighted by Crippen LogP contribution is 2.29. The molecule has 5 heteroatoms. The van der Waals surface area contributed by atoms with Gasteiger partial charge in [-0.15, -0.1) is 0 Å². The Hall–Kier alpha value is -2.04. The number of rotatable bonds is 6. The summed E-state index contributed by atoms with van der Waals surface area (Å²) in [6, 6.07) is 6.88. The SMILES string of the molecule is Nc1ccccc1N(CC(=O)O)C(=O)CCC1CCCC1. The highest BCUT2D eigenvalue weighted by atomic mass is 16.4. The predicted octanol–water partition coefficient (Wildman–Crippen LogP) is 2.66. The quantitative estimate of drug-likeness (QED) is 0.789. The van der Waals surface area contributed by atoms with Gasteiger partial charge in [0.15, 0.2) is 0 Å². The second kappa shape index (κ2) is 7.11. The van der Waals surface area contributed by atoms with E-state index in [0.29, 0.717) is 23.7 Å². The third-order valence-electron chi connectivity index (χ3n) is 4.06. The zero-order chi connectivity index (χ0) is 15.2. The molecular formula is C16H22N2O3. The lowest BCUT2D eigenvalue weighted by atomic mass is 10.0. The van der Waals surface area contributed by atoms with Crippen molar-refractivity contribution in [1.29, 1.82) is 0 Å². The molecular weight excluding hydrogens is 268 g/mol. The Kier molecular flexibility index (Phi) is 5.20. The Morgan fingerprint density at radius 3 is 2.52 bits per heavy atom. The summed E-state index contributed by atoms with van der Waals surface area (Å²) in [6.45, 7) is -0.349. The third kappa shape index (κ3) is 4.21. The maximum Gasteiger partial charge on any atom is 0.323 e. The number of anilines is 2. The van der Waals surface area contributed by atoms with Crippen LogP contribution in [0.2, 0.25) is 0 Å². The van der Waals surface area contributed by atoms with E-state index in [1.165, 1.54) is 30.6 Å². The molecule has 1 amide bonds. The molecule has 0 heterocycles. The molecule has 21 heavy (non-hydrogen) atoms. The number of nitrogen functional groups attached to an aromatic ring is 1. The second-order valence-corrected chi connectivity index (χ2v) is 5.62. The van der Waals surface area contributed by atoms with Gasteiger partial charge in [-0.25, -0.2) is 0 Å². The molecule has 2 rings (SSSR count). The van der Waals surface area contributed by atoms with Gasteiger partial charge < -0.3 is 10.8 Å². The largest absolute Gasteiger partial charge is 0.480 e. The van der Waals surface area contributed by atoms with Crippen LogP contribution < -0.4 is 10.6 Å². The molecule has 114 valence electrons. The summed E-state index contributed by atoms with van der Waals surface area (Å²) >= 11 is 0. The number of hydrogen-bond donors (Lipinski definition) is 2. The van der Waals surface area contributed by atoms with Crippen LogP contribution in [0, 0.1) is 5.92 Å². The first-order valence-corrected chi connectivity index (χ1v) is 7.44. The van der Waals surface area contributed by atoms with Gasteiger partial charge >= 0.3 is 5.97 Å². The van der Waals surface area contributed by atoms with Crippen LogP contribution in [0.3, 0.4) is 0 Å². The van der Waals surface area contributed by atoms with Crippen molar-refractivity contribution in [2.45, 2.75) is 38.5 Å². The van der Waals surface area contributed by atoms with E-state index >= 15 is 0 Å². The summed E-state index contributed by atoms with van der Waals surface area (Å²) < 4.78 is 0. The molecule has 3 N–H and O–H groups in total. The minimum atomic E-state index is -1.03. The molecule has 1 saturated carbocycles. The van der Waals surface area contributed by atoms with Crippen LogP contribution in [0.25, 0.3) is 0 Å². The zero-order valence-corrected chi connectivity index (χ0v) is 12.1. The van der Waals surface area contributed by atoms with Gasteiger partial charge in [-0.3, -0.25) is 14.5 Å². The number of para-hydroxylation sites is 2. The van der Waals surface area contributed by atoms with Crippen molar-refractivity contribution in [2.75, 3.05) is 17.2 Å². The molecule has 0 radical (unpaired) electrons. The van der Waals surface area contributed by atoms with Crippen molar-refractivity contribution in [3.05, 3.63) is 24.3 Å². The predicted molar refractivity (Wildman–Crippen MR) is 82.0 cm³/mol. The van der Waals surface area contributed by atoms with E-state index in [-0.39, 0.29) is 12.5 Å². The number of carboxylic acids is 1. The maximum absolute atomic E-state index is 12.4. The normalized spacial score (nSPS) is 15.0. The van der Waals surface area contributed by atoms with Crippen LogP contribution in [0.15, 0.2) is 24.3 Å². The van der Waals surface area contributed by atoms with Crippen molar-refractivity contribution < 1.29 is 14.7 Å². The standard InChI is InChI=1S/C16H22N2O3/c17-13-7-3-4-8-14(13)18(11-16(20)21)15(19)10-9-12-5-1-2-6-12/h3-4,7-8,12H,1-2,5-6,9-11,17H2,(H,20,21). The number of benzene rings is 1. The topological polar surface area (TPSA) is 83.6 Å². The van der Waals surface area contributed by atoms with Crippen molar-refractivity contribution in [2.24, 2.45) is 5.92 Å². The molecule has 0 saturated heterocycles. The Morgan fingerprint density at radius 1 is 1.24 bits per heavy atom.